The molecule has 15 heavy (non-hydrogen) atoms. The largest absolute Gasteiger partial charge is 0.313 e. The minimum Gasteiger partial charge on any atom is -0.313 e. The predicted molar refractivity (Wildman–Crippen MR) is 62.5 cm³/mol. The van der Waals surface area contributed by atoms with Gasteiger partial charge in [-0.1, -0.05) is 30.3 Å². The second-order valence-electron chi connectivity index (χ2n) is 3.65. The molecule has 0 aromatic heterocycles. The molecule has 0 saturated carbocycles. The maximum absolute atomic E-state index is 10.8. The lowest BCUT2D eigenvalue weighted by atomic mass is 10.2. The molecule has 0 fully saturated rings. The summed E-state index contributed by atoms with van der Waals surface area (Å²) in [6.07, 6.45) is 1.94. The van der Waals surface area contributed by atoms with Crippen LogP contribution in [-0.2, 0) is 16.4 Å². The minimum absolute atomic E-state index is 0.259. The lowest BCUT2D eigenvalue weighted by Gasteiger charge is -2.03. The van der Waals surface area contributed by atoms with Crippen LogP contribution in [0.1, 0.15) is 12.0 Å². The first kappa shape index (κ1) is 12.2. The van der Waals surface area contributed by atoms with Crippen molar-refractivity contribution in [2.75, 3.05) is 18.6 Å². The molecular formula is C11H17NO2S. The Morgan fingerprint density at radius 3 is 2.47 bits per heavy atom. The summed E-state index contributed by atoms with van der Waals surface area (Å²) >= 11 is 0. The van der Waals surface area contributed by atoms with Gasteiger partial charge in [-0.2, -0.15) is 0 Å². The van der Waals surface area contributed by atoms with Gasteiger partial charge >= 0.3 is 0 Å². The highest BCUT2D eigenvalue weighted by Gasteiger charge is 2.00. The summed E-state index contributed by atoms with van der Waals surface area (Å²) in [5, 5.41) is 3.21. The van der Waals surface area contributed by atoms with E-state index in [2.05, 4.69) is 5.32 Å². The van der Waals surface area contributed by atoms with Crippen LogP contribution in [0.25, 0.3) is 0 Å². The summed E-state index contributed by atoms with van der Waals surface area (Å²) in [6, 6.07) is 10.1. The van der Waals surface area contributed by atoms with Crippen molar-refractivity contribution in [3.8, 4) is 0 Å². The van der Waals surface area contributed by atoms with Gasteiger partial charge in [-0.25, -0.2) is 8.42 Å². The maximum Gasteiger partial charge on any atom is 0.147 e. The Kier molecular flexibility index (Phi) is 4.78. The average Bonchev–Trinajstić information content (AvgIpc) is 2.17. The zero-order chi connectivity index (χ0) is 11.1. The molecule has 1 N–H and O–H groups in total. The molecule has 0 radical (unpaired) electrons. The Morgan fingerprint density at radius 1 is 1.20 bits per heavy atom. The third-order valence-corrected chi connectivity index (χ3v) is 3.07. The Labute approximate surface area is 91.4 Å². The molecule has 0 spiro atoms. The van der Waals surface area contributed by atoms with Gasteiger partial charge in [0.2, 0.25) is 0 Å². The first-order chi connectivity index (χ1) is 7.08. The fourth-order valence-electron chi connectivity index (χ4n) is 1.29. The molecule has 0 bridgehead atoms. The zero-order valence-corrected chi connectivity index (χ0v) is 9.76. The molecule has 0 unspecified atom stereocenters. The van der Waals surface area contributed by atoms with Gasteiger partial charge in [0.05, 0.1) is 5.75 Å². The molecule has 0 heterocycles. The van der Waals surface area contributed by atoms with Gasteiger partial charge < -0.3 is 5.32 Å². The van der Waals surface area contributed by atoms with Crippen LogP contribution in [0.5, 0.6) is 0 Å². The van der Waals surface area contributed by atoms with Gasteiger partial charge in [0.15, 0.2) is 0 Å². The molecule has 84 valence electrons. The van der Waals surface area contributed by atoms with Crippen molar-refractivity contribution >= 4 is 9.84 Å². The lowest BCUT2D eigenvalue weighted by molar-refractivity contribution is 0.594. The Morgan fingerprint density at radius 2 is 1.87 bits per heavy atom. The Balaban J connectivity index is 2.13. The van der Waals surface area contributed by atoms with Crippen LogP contribution in [0, 0.1) is 0 Å². The number of benzene rings is 1. The highest BCUT2D eigenvalue weighted by molar-refractivity contribution is 7.90. The normalized spacial score (nSPS) is 11.5. The van der Waals surface area contributed by atoms with E-state index in [1.54, 1.807) is 0 Å². The summed E-state index contributed by atoms with van der Waals surface area (Å²) in [4.78, 5) is 0. The van der Waals surface area contributed by atoms with E-state index < -0.39 is 9.84 Å². The lowest BCUT2D eigenvalue weighted by Crippen LogP contribution is -2.17. The third kappa shape index (κ3) is 6.25. The molecule has 1 aromatic carbocycles. The van der Waals surface area contributed by atoms with E-state index in [0.717, 1.165) is 13.1 Å². The summed E-state index contributed by atoms with van der Waals surface area (Å²) < 4.78 is 21.7. The maximum atomic E-state index is 10.8. The van der Waals surface area contributed by atoms with E-state index in [-0.39, 0.29) is 5.75 Å². The van der Waals surface area contributed by atoms with Crippen molar-refractivity contribution in [3.05, 3.63) is 35.9 Å². The number of hydrogen-bond donors (Lipinski definition) is 1. The third-order valence-electron chi connectivity index (χ3n) is 2.04. The fraction of sp³-hybridized carbons (Fsp3) is 0.455. The van der Waals surface area contributed by atoms with E-state index in [4.69, 9.17) is 0 Å². The van der Waals surface area contributed by atoms with Crippen molar-refractivity contribution in [3.63, 3.8) is 0 Å². The van der Waals surface area contributed by atoms with Crippen LogP contribution in [-0.4, -0.2) is 27.0 Å². The van der Waals surface area contributed by atoms with Crippen molar-refractivity contribution in [2.45, 2.75) is 13.0 Å². The molecule has 1 rings (SSSR count). The van der Waals surface area contributed by atoms with E-state index in [9.17, 15) is 8.42 Å². The smallest absolute Gasteiger partial charge is 0.147 e. The van der Waals surface area contributed by atoms with Gasteiger partial charge in [-0.3, -0.25) is 0 Å². The van der Waals surface area contributed by atoms with E-state index in [1.807, 2.05) is 30.3 Å². The molecule has 0 aliphatic rings. The second kappa shape index (κ2) is 5.88. The van der Waals surface area contributed by atoms with Gasteiger partial charge in [0, 0.05) is 12.8 Å². The van der Waals surface area contributed by atoms with Gasteiger partial charge in [-0.15, -0.1) is 0 Å². The van der Waals surface area contributed by atoms with Gasteiger partial charge in [-0.05, 0) is 18.5 Å². The SMILES string of the molecule is CS(=O)(=O)CCCNCc1ccccc1. The average molecular weight is 227 g/mol. The Hall–Kier alpha value is -0.870. The van der Waals surface area contributed by atoms with Crippen LogP contribution in [0.4, 0.5) is 0 Å². The van der Waals surface area contributed by atoms with Gasteiger partial charge in [0.1, 0.15) is 9.84 Å². The summed E-state index contributed by atoms with van der Waals surface area (Å²) in [5.74, 6) is 0.259. The van der Waals surface area contributed by atoms with Crippen LogP contribution in [0.2, 0.25) is 0 Å². The standard InChI is InChI=1S/C11H17NO2S/c1-15(13,14)9-5-8-12-10-11-6-3-2-4-7-11/h2-4,6-7,12H,5,8-10H2,1H3. The minimum atomic E-state index is -2.81. The molecule has 0 aliphatic carbocycles. The number of hydrogen-bond acceptors (Lipinski definition) is 3. The van der Waals surface area contributed by atoms with Crippen molar-refractivity contribution in [1.82, 2.24) is 5.32 Å². The number of sulfone groups is 1. The molecule has 0 aliphatic heterocycles. The summed E-state index contributed by atoms with van der Waals surface area (Å²) in [7, 11) is -2.81. The van der Waals surface area contributed by atoms with Crippen molar-refractivity contribution in [1.29, 1.82) is 0 Å². The Bertz CT molecular complexity index is 373. The van der Waals surface area contributed by atoms with Crippen LogP contribution >= 0.6 is 0 Å². The van der Waals surface area contributed by atoms with Gasteiger partial charge in [0.25, 0.3) is 0 Å². The monoisotopic (exact) mass is 227 g/mol. The summed E-state index contributed by atoms with van der Waals surface area (Å²) in [6.45, 7) is 1.53. The van der Waals surface area contributed by atoms with E-state index in [1.165, 1.54) is 11.8 Å². The van der Waals surface area contributed by atoms with Crippen LogP contribution in [0.3, 0.4) is 0 Å². The number of rotatable bonds is 6. The topological polar surface area (TPSA) is 46.2 Å². The highest BCUT2D eigenvalue weighted by Crippen LogP contribution is 1.97. The molecule has 0 atom stereocenters. The zero-order valence-electron chi connectivity index (χ0n) is 8.94. The molecule has 3 nitrogen and oxygen atoms in total. The number of nitrogens with one attached hydrogen (secondary N) is 1. The molecule has 4 heteroatoms. The molecule has 1 aromatic rings. The van der Waals surface area contributed by atoms with Crippen LogP contribution < -0.4 is 5.32 Å². The second-order valence-corrected chi connectivity index (χ2v) is 5.91. The first-order valence-electron chi connectivity index (χ1n) is 5.00. The molecular weight excluding hydrogens is 210 g/mol. The van der Waals surface area contributed by atoms with E-state index in [0.29, 0.717) is 6.42 Å². The van der Waals surface area contributed by atoms with Crippen molar-refractivity contribution < 1.29 is 8.42 Å². The predicted octanol–water partition coefficient (Wildman–Crippen LogP) is 1.21. The highest BCUT2D eigenvalue weighted by atomic mass is 32.2. The van der Waals surface area contributed by atoms with E-state index >= 15 is 0 Å². The molecule has 0 amide bonds. The molecule has 0 saturated heterocycles. The fourth-order valence-corrected chi connectivity index (χ4v) is 1.96. The van der Waals surface area contributed by atoms with Crippen molar-refractivity contribution in [2.24, 2.45) is 0 Å². The van der Waals surface area contributed by atoms with Crippen LogP contribution in [0.15, 0.2) is 30.3 Å². The summed E-state index contributed by atoms with van der Waals surface area (Å²) in [5.41, 5.74) is 1.22. The first-order valence-corrected chi connectivity index (χ1v) is 7.06. The quantitative estimate of drug-likeness (QED) is 0.743.